The highest BCUT2D eigenvalue weighted by molar-refractivity contribution is 5.85. The van der Waals surface area contributed by atoms with Gasteiger partial charge in [-0.25, -0.2) is 4.79 Å². The van der Waals surface area contributed by atoms with E-state index in [1.54, 1.807) is 13.2 Å². The topological polar surface area (TPSA) is 78.8 Å². The third-order valence-electron chi connectivity index (χ3n) is 7.87. The molecule has 0 atom stereocenters. The molecule has 3 N–H and O–H groups in total. The van der Waals surface area contributed by atoms with Gasteiger partial charge in [0.05, 0.1) is 7.11 Å². The summed E-state index contributed by atoms with van der Waals surface area (Å²) in [5, 5.41) is 20.2. The Kier molecular flexibility index (Phi) is 5.56. The lowest BCUT2D eigenvalue weighted by Gasteiger charge is -2.57. The van der Waals surface area contributed by atoms with Gasteiger partial charge in [-0.1, -0.05) is 24.3 Å². The number of benzene rings is 2. The maximum Gasteiger partial charge on any atom is 0.328 e. The second-order valence-corrected chi connectivity index (χ2v) is 10.0. The zero-order valence-electron chi connectivity index (χ0n) is 18.5. The lowest BCUT2D eigenvalue weighted by Crippen LogP contribution is -2.48. The second-order valence-electron chi connectivity index (χ2n) is 10.0. The fourth-order valence-corrected chi connectivity index (χ4v) is 6.94. The standard InChI is InChI=1S/C27H31NO4/c1-32-28-16-23-11-22(21-5-2-17(3-6-21)4-7-25(29)30)12-24(26(23)31)27-13-18-8-19(14-27)10-20(9-18)15-27/h2-7,11-12,18-20,28,31H,8-10,13-16H2,1H3,(H,29,30)/b7-4+. The molecule has 4 saturated carbocycles. The van der Waals surface area contributed by atoms with Crippen LogP contribution in [-0.2, 0) is 21.6 Å². The molecule has 0 saturated heterocycles. The van der Waals surface area contributed by atoms with Crippen LogP contribution in [0, 0.1) is 17.8 Å². The molecule has 2 aromatic rings. The van der Waals surface area contributed by atoms with Crippen LogP contribution in [0.1, 0.15) is 55.2 Å². The van der Waals surface area contributed by atoms with E-state index in [1.165, 1.54) is 38.5 Å². The van der Waals surface area contributed by atoms with E-state index in [2.05, 4.69) is 11.5 Å². The Morgan fingerprint density at radius 3 is 2.25 bits per heavy atom. The van der Waals surface area contributed by atoms with Gasteiger partial charge in [-0.2, -0.15) is 5.48 Å². The fourth-order valence-electron chi connectivity index (χ4n) is 6.94. The third kappa shape index (κ3) is 3.96. The van der Waals surface area contributed by atoms with Crippen LogP contribution < -0.4 is 5.48 Å². The summed E-state index contributed by atoms with van der Waals surface area (Å²) in [6, 6.07) is 12.1. The zero-order valence-corrected chi connectivity index (χ0v) is 18.5. The molecule has 0 heterocycles. The molecule has 0 spiro atoms. The predicted octanol–water partition coefficient (Wildman–Crippen LogP) is 5.28. The maximum absolute atomic E-state index is 11.4. The number of carbonyl (C=O) groups is 1. The summed E-state index contributed by atoms with van der Waals surface area (Å²) in [4.78, 5) is 15.9. The Balaban J connectivity index is 1.55. The summed E-state index contributed by atoms with van der Waals surface area (Å²) in [5.74, 6) is 1.85. The molecule has 0 amide bonds. The Labute approximate surface area is 189 Å². The van der Waals surface area contributed by atoms with E-state index in [9.17, 15) is 9.90 Å². The number of hydrogen-bond acceptors (Lipinski definition) is 4. The summed E-state index contributed by atoms with van der Waals surface area (Å²) < 4.78 is 0. The first-order chi connectivity index (χ1) is 15.5. The smallest absolute Gasteiger partial charge is 0.328 e. The van der Waals surface area contributed by atoms with Gasteiger partial charge in [0.25, 0.3) is 0 Å². The zero-order chi connectivity index (χ0) is 22.3. The molecular weight excluding hydrogens is 402 g/mol. The number of hydroxylamine groups is 1. The monoisotopic (exact) mass is 433 g/mol. The number of aromatic hydroxyl groups is 1. The van der Waals surface area contributed by atoms with Crippen molar-refractivity contribution >= 4 is 12.0 Å². The number of carboxylic acid groups (broad SMARTS) is 1. The molecule has 5 nitrogen and oxygen atoms in total. The van der Waals surface area contributed by atoms with E-state index < -0.39 is 5.97 Å². The summed E-state index contributed by atoms with van der Waals surface area (Å²) in [7, 11) is 1.59. The molecule has 0 aliphatic heterocycles. The van der Waals surface area contributed by atoms with Crippen molar-refractivity contribution in [2.24, 2.45) is 17.8 Å². The lowest BCUT2D eigenvalue weighted by atomic mass is 9.48. The van der Waals surface area contributed by atoms with Crippen molar-refractivity contribution in [2.45, 2.75) is 50.5 Å². The summed E-state index contributed by atoms with van der Waals surface area (Å²) in [5.41, 5.74) is 7.92. The van der Waals surface area contributed by atoms with E-state index in [0.29, 0.717) is 12.3 Å². The number of carboxylic acids is 1. The van der Waals surface area contributed by atoms with Gasteiger partial charge in [-0.15, -0.1) is 0 Å². The number of phenols is 1. The van der Waals surface area contributed by atoms with Crippen LogP contribution in [0.25, 0.3) is 17.2 Å². The molecule has 5 heteroatoms. The molecule has 0 aromatic heterocycles. The molecular formula is C27H31NO4. The van der Waals surface area contributed by atoms with Gasteiger partial charge >= 0.3 is 5.97 Å². The minimum atomic E-state index is -0.955. The number of phenolic OH excluding ortho intramolecular Hbond substituents is 1. The fraction of sp³-hybridized carbons (Fsp3) is 0.444. The van der Waals surface area contributed by atoms with Crippen molar-refractivity contribution in [3.05, 3.63) is 59.2 Å². The number of nitrogens with one attached hydrogen (secondary N) is 1. The third-order valence-corrected chi connectivity index (χ3v) is 7.87. The van der Waals surface area contributed by atoms with Crippen molar-refractivity contribution in [3.63, 3.8) is 0 Å². The van der Waals surface area contributed by atoms with Crippen LogP contribution in [0.2, 0.25) is 0 Å². The molecule has 4 aliphatic carbocycles. The van der Waals surface area contributed by atoms with E-state index in [-0.39, 0.29) is 5.41 Å². The first-order valence-electron chi connectivity index (χ1n) is 11.6. The molecule has 4 fully saturated rings. The predicted molar refractivity (Wildman–Crippen MR) is 124 cm³/mol. The molecule has 4 bridgehead atoms. The second kappa shape index (κ2) is 8.38. The maximum atomic E-state index is 11.4. The SMILES string of the molecule is CONCc1cc(-c2ccc(/C=C/C(=O)O)cc2)cc(C23CC4CC(CC(C4)C2)C3)c1O. The summed E-state index contributed by atoms with van der Waals surface area (Å²) >= 11 is 0. The summed E-state index contributed by atoms with van der Waals surface area (Å²) in [6.07, 6.45) is 10.4. The lowest BCUT2D eigenvalue weighted by molar-refractivity contribution is -0.131. The summed E-state index contributed by atoms with van der Waals surface area (Å²) in [6.45, 7) is 0.439. The van der Waals surface area contributed by atoms with E-state index in [1.807, 2.05) is 30.3 Å². The Hall–Kier alpha value is -2.63. The van der Waals surface area contributed by atoms with Gasteiger partial charge in [0.1, 0.15) is 5.75 Å². The molecule has 0 unspecified atom stereocenters. The van der Waals surface area contributed by atoms with Crippen LogP contribution >= 0.6 is 0 Å². The number of aliphatic carboxylic acids is 1. The van der Waals surface area contributed by atoms with Crippen LogP contribution in [0.4, 0.5) is 0 Å². The van der Waals surface area contributed by atoms with Crippen LogP contribution in [0.5, 0.6) is 5.75 Å². The minimum Gasteiger partial charge on any atom is -0.507 e. The quantitative estimate of drug-likeness (QED) is 0.409. The van der Waals surface area contributed by atoms with Crippen LogP contribution in [0.3, 0.4) is 0 Å². The van der Waals surface area contributed by atoms with Crippen molar-refractivity contribution in [2.75, 3.05) is 7.11 Å². The van der Waals surface area contributed by atoms with E-state index in [4.69, 9.17) is 9.94 Å². The Morgan fingerprint density at radius 2 is 1.69 bits per heavy atom. The number of hydrogen-bond donors (Lipinski definition) is 3. The molecule has 32 heavy (non-hydrogen) atoms. The van der Waals surface area contributed by atoms with Gasteiger partial charge in [0.15, 0.2) is 0 Å². The highest BCUT2D eigenvalue weighted by Gasteiger charge is 2.52. The first-order valence-corrected chi connectivity index (χ1v) is 11.6. The van der Waals surface area contributed by atoms with E-state index in [0.717, 1.165) is 51.6 Å². The largest absolute Gasteiger partial charge is 0.507 e. The van der Waals surface area contributed by atoms with Gasteiger partial charge in [-0.3, -0.25) is 0 Å². The molecule has 4 aliphatic rings. The average Bonchev–Trinajstić information content (AvgIpc) is 2.76. The molecule has 0 radical (unpaired) electrons. The van der Waals surface area contributed by atoms with Crippen molar-refractivity contribution in [3.8, 4) is 16.9 Å². The highest BCUT2D eigenvalue weighted by Crippen LogP contribution is 2.62. The van der Waals surface area contributed by atoms with E-state index >= 15 is 0 Å². The van der Waals surface area contributed by atoms with Gasteiger partial charge < -0.3 is 15.1 Å². The Bertz CT molecular complexity index is 1010. The van der Waals surface area contributed by atoms with Crippen molar-refractivity contribution in [1.29, 1.82) is 0 Å². The van der Waals surface area contributed by atoms with Gasteiger partial charge in [0, 0.05) is 23.7 Å². The van der Waals surface area contributed by atoms with Crippen LogP contribution in [0.15, 0.2) is 42.5 Å². The van der Waals surface area contributed by atoms with Crippen molar-refractivity contribution in [1.82, 2.24) is 5.48 Å². The van der Waals surface area contributed by atoms with Crippen molar-refractivity contribution < 1.29 is 19.8 Å². The average molecular weight is 434 g/mol. The Morgan fingerprint density at radius 1 is 1.06 bits per heavy atom. The normalized spacial score (nSPS) is 28.5. The number of rotatable bonds is 7. The molecule has 6 rings (SSSR count). The molecule has 168 valence electrons. The highest BCUT2D eigenvalue weighted by atomic mass is 16.6. The minimum absolute atomic E-state index is 0.0842. The van der Waals surface area contributed by atoms with Gasteiger partial charge in [0.2, 0.25) is 0 Å². The molecule has 2 aromatic carbocycles. The van der Waals surface area contributed by atoms with Gasteiger partial charge in [-0.05, 0) is 96.6 Å². The van der Waals surface area contributed by atoms with Crippen LogP contribution in [-0.4, -0.2) is 23.3 Å². The first kappa shape index (κ1) is 21.2.